The number of fused-ring (bicyclic) bond motifs is 15. The first-order valence-corrected chi connectivity index (χ1v) is 26.1. The van der Waals surface area contributed by atoms with Crippen LogP contribution in [-0.2, 0) is 21.1 Å². The molecule has 5 nitrogen and oxygen atoms in total. The van der Waals surface area contributed by atoms with Crippen molar-refractivity contribution < 1.29 is 25.8 Å². The number of benzene rings is 11. The van der Waals surface area contributed by atoms with Gasteiger partial charge in [0.15, 0.2) is 0 Å². The van der Waals surface area contributed by atoms with Crippen molar-refractivity contribution >= 4 is 82.5 Å². The summed E-state index contributed by atoms with van der Waals surface area (Å²) < 4.78 is 9.34. The summed E-state index contributed by atoms with van der Waals surface area (Å²) in [5.74, 6) is 1.15. The molecule has 0 radical (unpaired) electrons. The zero-order valence-corrected chi connectivity index (χ0v) is 44.1. The molecule has 3 aromatic heterocycles. The predicted octanol–water partition coefficient (Wildman–Crippen LogP) is 19.1. The van der Waals surface area contributed by atoms with Gasteiger partial charge in [-0.25, -0.2) is 4.98 Å². The van der Waals surface area contributed by atoms with E-state index in [1.807, 2.05) is 24.4 Å². The van der Waals surface area contributed by atoms with Crippen molar-refractivity contribution in [2.45, 2.75) is 0 Å². The van der Waals surface area contributed by atoms with Crippen LogP contribution in [0.1, 0.15) is 0 Å². The van der Waals surface area contributed by atoms with E-state index in [-0.39, 0.29) is 21.1 Å². The number of para-hydroxylation sites is 2. The Morgan fingerprint density at radius 1 is 0.359 bits per heavy atom. The average Bonchev–Trinajstić information content (AvgIpc) is 4.07. The van der Waals surface area contributed by atoms with Crippen molar-refractivity contribution in [2.24, 2.45) is 0 Å². The molecule has 2 aliphatic rings. The number of nitrogens with zero attached hydrogens (tertiary/aromatic N) is 4. The Bertz CT molecular complexity index is 4710. The third-order valence-corrected chi connectivity index (χ3v) is 15.6. The van der Waals surface area contributed by atoms with Gasteiger partial charge in [0.2, 0.25) is 0 Å². The van der Waals surface area contributed by atoms with Gasteiger partial charge in [-0.2, -0.15) is 12.1 Å². The van der Waals surface area contributed by atoms with Crippen molar-refractivity contribution in [3.63, 3.8) is 0 Å². The molecule has 5 heterocycles. The van der Waals surface area contributed by atoms with E-state index < -0.39 is 0 Å². The summed E-state index contributed by atoms with van der Waals surface area (Å²) in [5, 5.41) is 9.00. The molecule has 11 aromatic carbocycles. The standard InChI is InChI=1S/C72H43N4O.Pt/c1-4-19-46(20-5-1)49-41-65-59-30-15-12-27-56(59)60-38-36-50(43-66(60)74-45-75(68(42-49)71(65)74)69-52(47-21-6-2-7-22-47)31-16-32-53(69)48-23-8-3-9-24-48)77-51-37-39-61-63-34-17-33-62-57-28-13-10-25-54(57)55-26-11-14-29-58(55)64-35-18-40-73-72(64)76(70(62)63)67(61)44-51;/h1-42,45H;/q-3;. The Hall–Kier alpha value is -9.54. The summed E-state index contributed by atoms with van der Waals surface area (Å²) >= 11 is 0. The van der Waals surface area contributed by atoms with Crippen LogP contribution < -0.4 is 14.5 Å². The predicted molar refractivity (Wildman–Crippen MR) is 318 cm³/mol. The van der Waals surface area contributed by atoms with Gasteiger partial charge in [-0.05, 0) is 79.0 Å². The van der Waals surface area contributed by atoms with Crippen molar-refractivity contribution in [3.05, 3.63) is 274 Å². The second-order valence-corrected chi connectivity index (χ2v) is 19.9. The molecule has 0 spiro atoms. The van der Waals surface area contributed by atoms with Gasteiger partial charge < -0.3 is 18.9 Å². The zero-order chi connectivity index (χ0) is 50.6. The molecule has 0 saturated heterocycles. The third kappa shape index (κ3) is 7.09. The van der Waals surface area contributed by atoms with E-state index in [0.717, 1.165) is 127 Å². The van der Waals surface area contributed by atoms with Gasteiger partial charge in [0.1, 0.15) is 5.65 Å². The molecule has 0 atom stereocenters. The minimum atomic E-state index is 0. The topological polar surface area (TPSA) is 33.0 Å². The fraction of sp³-hybridized carbons (Fsp3) is 0. The van der Waals surface area contributed by atoms with Crippen molar-refractivity contribution in [1.29, 1.82) is 0 Å². The first-order valence-electron chi connectivity index (χ1n) is 26.1. The van der Waals surface area contributed by atoms with Gasteiger partial charge in [0.05, 0.1) is 0 Å². The molecule has 0 amide bonds. The second kappa shape index (κ2) is 18.3. The van der Waals surface area contributed by atoms with Crippen LogP contribution in [0.5, 0.6) is 11.5 Å². The van der Waals surface area contributed by atoms with E-state index in [0.29, 0.717) is 11.5 Å². The summed E-state index contributed by atoms with van der Waals surface area (Å²) in [6.45, 7) is 2.27. The normalized spacial score (nSPS) is 12.4. The maximum Gasteiger partial charge on any atom is 0.143 e. The van der Waals surface area contributed by atoms with Gasteiger partial charge in [-0.15, -0.1) is 41.9 Å². The SMILES string of the molecule is [Pt].[c-]1c(Oc2[c-]c3c(cc2)c2cccc4c5ccccc5c5ccccc5c5cccnc5n3c42)ccc2c1N1[CH-]N(c3c(-c4ccccc4)cccc3-c3ccccc3)c3cc(-c4ccccc4)cc(c31)-c1ccccc1-2. The summed E-state index contributed by atoms with van der Waals surface area (Å²) in [6.07, 6.45) is 1.89. The first kappa shape index (κ1) is 45.8. The summed E-state index contributed by atoms with van der Waals surface area (Å²) in [7, 11) is 0. The molecular formula is C72H43N4OPt-3. The minimum Gasteiger partial charge on any atom is -0.509 e. The maximum absolute atomic E-state index is 7.05. The Morgan fingerprint density at radius 2 is 0.872 bits per heavy atom. The molecule has 0 fully saturated rings. The molecule has 78 heavy (non-hydrogen) atoms. The maximum atomic E-state index is 7.05. The van der Waals surface area contributed by atoms with Crippen molar-refractivity contribution in [2.75, 3.05) is 9.80 Å². The first-order chi connectivity index (χ1) is 38.2. The van der Waals surface area contributed by atoms with Gasteiger partial charge >= 0.3 is 0 Å². The minimum absolute atomic E-state index is 0. The van der Waals surface area contributed by atoms with E-state index in [4.69, 9.17) is 9.72 Å². The molecule has 0 N–H and O–H groups in total. The van der Waals surface area contributed by atoms with Crippen LogP contribution in [-0.4, -0.2) is 9.38 Å². The number of hydrogen-bond acceptors (Lipinski definition) is 4. The number of rotatable bonds is 6. The van der Waals surface area contributed by atoms with E-state index in [2.05, 4.69) is 264 Å². The number of anilines is 4. The summed E-state index contributed by atoms with van der Waals surface area (Å²) in [5.41, 5.74) is 18.2. The van der Waals surface area contributed by atoms with Gasteiger partial charge in [-0.3, -0.25) is 0 Å². The molecule has 14 aromatic rings. The Balaban J connectivity index is 0.00000529. The Morgan fingerprint density at radius 3 is 1.55 bits per heavy atom. The van der Waals surface area contributed by atoms with Crippen LogP contribution in [0.15, 0.2) is 255 Å². The largest absolute Gasteiger partial charge is 0.509 e. The molecule has 0 aliphatic carbocycles. The molecule has 16 rings (SSSR count). The van der Waals surface area contributed by atoms with E-state index >= 15 is 0 Å². The van der Waals surface area contributed by atoms with Crippen molar-refractivity contribution in [3.8, 4) is 67.1 Å². The molecule has 0 bridgehead atoms. The second-order valence-electron chi connectivity index (χ2n) is 19.9. The van der Waals surface area contributed by atoms with Gasteiger partial charge in [0, 0.05) is 88.8 Å². The van der Waals surface area contributed by atoms with Gasteiger partial charge in [0.25, 0.3) is 0 Å². The van der Waals surface area contributed by atoms with Crippen LogP contribution in [0.2, 0.25) is 0 Å². The summed E-state index contributed by atoms with van der Waals surface area (Å²) in [6, 6.07) is 96.7. The van der Waals surface area contributed by atoms with E-state index in [1.54, 1.807) is 0 Å². The number of aromatic nitrogens is 2. The van der Waals surface area contributed by atoms with Gasteiger partial charge in [-0.1, -0.05) is 217 Å². The molecule has 2 aliphatic heterocycles. The molecule has 0 saturated carbocycles. The average molecular weight is 1180 g/mol. The fourth-order valence-electron chi connectivity index (χ4n) is 12.3. The molecule has 0 unspecified atom stereocenters. The van der Waals surface area contributed by atoms with Crippen LogP contribution >= 0.6 is 0 Å². The Kier molecular flexibility index (Phi) is 10.8. The number of pyridine rings is 1. The monoisotopic (exact) mass is 1170 g/mol. The molecular weight excluding hydrogens is 1130 g/mol. The third-order valence-electron chi connectivity index (χ3n) is 15.6. The summed E-state index contributed by atoms with van der Waals surface area (Å²) in [4.78, 5) is 9.92. The van der Waals surface area contributed by atoms with Crippen molar-refractivity contribution in [1.82, 2.24) is 9.38 Å². The smallest absolute Gasteiger partial charge is 0.143 e. The number of hydrogen-bond donors (Lipinski definition) is 0. The fourth-order valence-corrected chi connectivity index (χ4v) is 12.3. The van der Waals surface area contributed by atoms with Crippen LogP contribution in [0.4, 0.5) is 22.7 Å². The quantitative estimate of drug-likeness (QED) is 0.155. The molecule has 6 heteroatoms. The Labute approximate surface area is 465 Å². The van der Waals surface area contributed by atoms with Crippen LogP contribution in [0.25, 0.3) is 115 Å². The zero-order valence-electron chi connectivity index (χ0n) is 41.8. The van der Waals surface area contributed by atoms with Crippen LogP contribution in [0, 0.1) is 18.8 Å². The van der Waals surface area contributed by atoms with Crippen LogP contribution in [0.3, 0.4) is 0 Å². The molecule has 370 valence electrons. The van der Waals surface area contributed by atoms with E-state index in [1.165, 1.54) is 10.8 Å². The van der Waals surface area contributed by atoms with E-state index in [9.17, 15) is 0 Å². The number of ether oxygens (including phenoxy) is 1.